The molecule has 1 unspecified atom stereocenters. The van der Waals surface area contributed by atoms with Crippen molar-refractivity contribution < 1.29 is 33.6 Å². The molecule has 1 aliphatic rings. The van der Waals surface area contributed by atoms with E-state index in [0.29, 0.717) is 24.5 Å². The van der Waals surface area contributed by atoms with Gasteiger partial charge in [0.25, 0.3) is 0 Å². The first kappa shape index (κ1) is 21.0. The molecule has 1 aromatic rings. The van der Waals surface area contributed by atoms with Crippen LogP contribution in [0.2, 0.25) is 0 Å². The molecule has 8 heteroatoms. The second-order valence-electron chi connectivity index (χ2n) is 7.75. The topological polar surface area (TPSA) is 103 Å². The molecule has 0 radical (unpaired) electrons. The first-order valence-electron chi connectivity index (χ1n) is 8.72. The number of benzene rings is 1. The van der Waals surface area contributed by atoms with E-state index in [-0.39, 0.29) is 6.10 Å². The van der Waals surface area contributed by atoms with Gasteiger partial charge in [0.2, 0.25) is 0 Å². The van der Waals surface area contributed by atoms with Gasteiger partial charge in [-0.1, -0.05) is 12.1 Å². The molecule has 1 saturated heterocycles. The van der Waals surface area contributed by atoms with E-state index in [2.05, 4.69) is 5.32 Å². The van der Waals surface area contributed by atoms with Gasteiger partial charge in [-0.15, -0.1) is 0 Å². The fourth-order valence-corrected chi connectivity index (χ4v) is 2.50. The third kappa shape index (κ3) is 6.73. The molecule has 1 aliphatic heterocycles. The zero-order valence-electron chi connectivity index (χ0n) is 16.3. The van der Waals surface area contributed by atoms with Crippen molar-refractivity contribution in [3.63, 3.8) is 0 Å². The molecule has 27 heavy (non-hydrogen) atoms. The molecule has 1 heterocycles. The summed E-state index contributed by atoms with van der Waals surface area (Å²) >= 11 is 0. The van der Waals surface area contributed by atoms with E-state index < -0.39 is 29.5 Å². The van der Waals surface area contributed by atoms with Crippen LogP contribution in [0.25, 0.3) is 0 Å². The Kier molecular flexibility index (Phi) is 6.33. The lowest BCUT2D eigenvalue weighted by Crippen LogP contribution is -2.38. The van der Waals surface area contributed by atoms with E-state index >= 15 is 0 Å². The predicted molar refractivity (Wildman–Crippen MR) is 96.6 cm³/mol. The summed E-state index contributed by atoms with van der Waals surface area (Å²) in [6.07, 6.45) is -0.962. The summed E-state index contributed by atoms with van der Waals surface area (Å²) in [6.45, 7) is 9.56. The highest BCUT2D eigenvalue weighted by Crippen LogP contribution is 2.24. The Morgan fingerprint density at radius 3 is 2.41 bits per heavy atom. The van der Waals surface area contributed by atoms with Crippen molar-refractivity contribution in [3.05, 3.63) is 29.8 Å². The number of carboxylic acids is 1. The molecular weight excluding hydrogens is 354 g/mol. The minimum atomic E-state index is -1.22. The summed E-state index contributed by atoms with van der Waals surface area (Å²) in [7, 11) is 0. The van der Waals surface area contributed by atoms with Gasteiger partial charge in [0.1, 0.15) is 24.1 Å². The molecule has 1 amide bonds. The summed E-state index contributed by atoms with van der Waals surface area (Å²) < 4.78 is 21.9. The van der Waals surface area contributed by atoms with Gasteiger partial charge in [-0.05, 0) is 52.3 Å². The second kappa shape index (κ2) is 8.14. The highest BCUT2D eigenvalue weighted by molar-refractivity contribution is 5.81. The number of carboxylic acid groups (broad SMARTS) is 1. The Bertz CT molecular complexity index is 664. The van der Waals surface area contributed by atoms with E-state index in [1.54, 1.807) is 45.0 Å². The standard InChI is InChI=1S/C19H27NO7/c1-18(2,3)27-17(23)20-15(16(21)22)12-6-8-13(9-7-12)24-10-14-11-25-19(4,5)26-14/h6-9,14-15H,10-11H2,1-5H3,(H,20,23)(H,21,22)/t14-,15?/m0/s1. The number of carbonyl (C=O) groups is 2. The number of nitrogens with one attached hydrogen (secondary N) is 1. The Labute approximate surface area is 158 Å². The highest BCUT2D eigenvalue weighted by atomic mass is 16.7. The van der Waals surface area contributed by atoms with Gasteiger partial charge in [-0.25, -0.2) is 9.59 Å². The van der Waals surface area contributed by atoms with Crippen molar-refractivity contribution in [2.45, 2.75) is 58.2 Å². The van der Waals surface area contributed by atoms with Gasteiger partial charge < -0.3 is 29.4 Å². The highest BCUT2D eigenvalue weighted by Gasteiger charge is 2.33. The second-order valence-corrected chi connectivity index (χ2v) is 7.75. The average Bonchev–Trinajstić information content (AvgIpc) is 2.88. The molecule has 0 spiro atoms. The number of hydrogen-bond acceptors (Lipinski definition) is 6. The number of alkyl carbamates (subject to hydrolysis) is 1. The smallest absolute Gasteiger partial charge is 0.408 e. The Balaban J connectivity index is 1.94. The summed E-state index contributed by atoms with van der Waals surface area (Å²) in [6, 6.07) is 5.23. The van der Waals surface area contributed by atoms with Crippen LogP contribution < -0.4 is 10.1 Å². The summed E-state index contributed by atoms with van der Waals surface area (Å²) in [5.41, 5.74) is -0.312. The zero-order chi connectivity index (χ0) is 20.2. The molecule has 2 atom stereocenters. The lowest BCUT2D eigenvalue weighted by atomic mass is 10.1. The largest absolute Gasteiger partial charge is 0.491 e. The number of hydrogen-bond donors (Lipinski definition) is 2. The average molecular weight is 381 g/mol. The third-order valence-electron chi connectivity index (χ3n) is 3.62. The van der Waals surface area contributed by atoms with Crippen molar-refractivity contribution in [2.24, 2.45) is 0 Å². The number of aliphatic carboxylic acids is 1. The lowest BCUT2D eigenvalue weighted by molar-refractivity contribution is -0.141. The Morgan fingerprint density at radius 2 is 1.93 bits per heavy atom. The first-order chi connectivity index (χ1) is 12.5. The van der Waals surface area contributed by atoms with Crippen LogP contribution in [0.4, 0.5) is 4.79 Å². The molecule has 2 N–H and O–H groups in total. The summed E-state index contributed by atoms with van der Waals surface area (Å²) in [5, 5.41) is 11.8. The SMILES string of the molecule is CC(C)(C)OC(=O)NC(C(=O)O)c1ccc(OC[C@H]2COC(C)(C)O2)cc1. The van der Waals surface area contributed by atoms with Gasteiger partial charge >= 0.3 is 12.1 Å². The monoisotopic (exact) mass is 381 g/mol. The van der Waals surface area contributed by atoms with Crippen molar-refractivity contribution in [3.8, 4) is 5.75 Å². The minimum Gasteiger partial charge on any atom is -0.491 e. The number of carbonyl (C=O) groups excluding carboxylic acids is 1. The predicted octanol–water partition coefficient (Wildman–Crippen LogP) is 2.87. The van der Waals surface area contributed by atoms with Gasteiger partial charge in [-0.2, -0.15) is 0 Å². The number of amides is 1. The van der Waals surface area contributed by atoms with Gasteiger partial charge in [0.15, 0.2) is 11.8 Å². The van der Waals surface area contributed by atoms with Crippen LogP contribution in [0.3, 0.4) is 0 Å². The maximum atomic E-state index is 11.9. The van der Waals surface area contributed by atoms with E-state index in [1.807, 2.05) is 13.8 Å². The minimum absolute atomic E-state index is 0.166. The summed E-state index contributed by atoms with van der Waals surface area (Å²) in [5.74, 6) is -1.23. The third-order valence-corrected chi connectivity index (χ3v) is 3.62. The Morgan fingerprint density at radius 1 is 1.30 bits per heavy atom. The van der Waals surface area contributed by atoms with Crippen molar-refractivity contribution in [1.29, 1.82) is 0 Å². The van der Waals surface area contributed by atoms with Crippen LogP contribution in [0.1, 0.15) is 46.2 Å². The van der Waals surface area contributed by atoms with Gasteiger partial charge in [-0.3, -0.25) is 0 Å². The molecule has 2 rings (SSSR count). The van der Waals surface area contributed by atoms with Crippen molar-refractivity contribution in [1.82, 2.24) is 5.32 Å². The normalized spacial score (nSPS) is 20.0. The molecule has 150 valence electrons. The first-order valence-corrected chi connectivity index (χ1v) is 8.72. The van der Waals surface area contributed by atoms with Crippen LogP contribution in [-0.2, 0) is 19.0 Å². The van der Waals surface area contributed by atoms with E-state index in [9.17, 15) is 14.7 Å². The van der Waals surface area contributed by atoms with Crippen LogP contribution in [0.5, 0.6) is 5.75 Å². The molecule has 1 aromatic carbocycles. The maximum absolute atomic E-state index is 11.9. The van der Waals surface area contributed by atoms with Crippen molar-refractivity contribution in [2.75, 3.05) is 13.2 Å². The van der Waals surface area contributed by atoms with E-state index in [1.165, 1.54) is 0 Å². The summed E-state index contributed by atoms with van der Waals surface area (Å²) in [4.78, 5) is 23.4. The number of ether oxygens (including phenoxy) is 4. The van der Waals surface area contributed by atoms with Crippen LogP contribution >= 0.6 is 0 Å². The van der Waals surface area contributed by atoms with Gasteiger partial charge in [0, 0.05) is 0 Å². The fraction of sp³-hybridized carbons (Fsp3) is 0.579. The molecule has 0 aromatic heterocycles. The quantitative estimate of drug-likeness (QED) is 0.781. The van der Waals surface area contributed by atoms with Crippen LogP contribution in [0.15, 0.2) is 24.3 Å². The lowest BCUT2D eigenvalue weighted by Gasteiger charge is -2.22. The maximum Gasteiger partial charge on any atom is 0.408 e. The van der Waals surface area contributed by atoms with Crippen molar-refractivity contribution >= 4 is 12.1 Å². The van der Waals surface area contributed by atoms with Crippen LogP contribution in [0, 0.1) is 0 Å². The van der Waals surface area contributed by atoms with Gasteiger partial charge in [0.05, 0.1) is 6.61 Å². The van der Waals surface area contributed by atoms with E-state index in [4.69, 9.17) is 18.9 Å². The molecule has 8 nitrogen and oxygen atoms in total. The molecule has 0 aliphatic carbocycles. The van der Waals surface area contributed by atoms with Crippen LogP contribution in [-0.4, -0.2) is 47.9 Å². The fourth-order valence-electron chi connectivity index (χ4n) is 2.50. The Hall–Kier alpha value is -2.32. The molecular formula is C19H27NO7. The molecule has 1 fully saturated rings. The zero-order valence-corrected chi connectivity index (χ0v) is 16.3. The molecule has 0 saturated carbocycles. The van der Waals surface area contributed by atoms with E-state index in [0.717, 1.165) is 0 Å². The number of rotatable bonds is 6. The molecule has 0 bridgehead atoms.